The van der Waals surface area contributed by atoms with Crippen LogP contribution in [-0.2, 0) is 4.74 Å². The average molecular weight is 187 g/mol. The lowest BCUT2D eigenvalue weighted by Crippen LogP contribution is -2.49. The van der Waals surface area contributed by atoms with Gasteiger partial charge in [-0.25, -0.2) is 0 Å². The molecule has 80 valence electrons. The molecular weight excluding hydrogens is 162 g/mol. The SMILES string of the molecule is COCC(C(C)C)N(C)C(C)(C)C. The summed E-state index contributed by atoms with van der Waals surface area (Å²) in [6.45, 7) is 12.0. The van der Waals surface area contributed by atoms with Gasteiger partial charge < -0.3 is 4.74 Å². The molecule has 0 fully saturated rings. The molecule has 0 amide bonds. The van der Waals surface area contributed by atoms with Crippen molar-refractivity contribution in [2.75, 3.05) is 20.8 Å². The standard InChI is InChI=1S/C11H25NO/c1-9(2)10(8-13-7)12(6)11(3,4)5/h9-10H,8H2,1-7H3. The van der Waals surface area contributed by atoms with E-state index in [9.17, 15) is 0 Å². The van der Waals surface area contributed by atoms with Gasteiger partial charge in [0, 0.05) is 18.7 Å². The van der Waals surface area contributed by atoms with Crippen LogP contribution < -0.4 is 0 Å². The maximum atomic E-state index is 5.24. The Hall–Kier alpha value is -0.0800. The summed E-state index contributed by atoms with van der Waals surface area (Å²) in [5.74, 6) is 0.629. The molecule has 0 saturated heterocycles. The summed E-state index contributed by atoms with van der Waals surface area (Å²) in [7, 11) is 3.94. The Morgan fingerprint density at radius 3 is 1.92 bits per heavy atom. The van der Waals surface area contributed by atoms with E-state index in [2.05, 4.69) is 46.6 Å². The molecule has 1 unspecified atom stereocenters. The van der Waals surface area contributed by atoms with E-state index in [0.29, 0.717) is 12.0 Å². The van der Waals surface area contributed by atoms with Gasteiger partial charge in [-0.2, -0.15) is 0 Å². The van der Waals surface area contributed by atoms with Crippen molar-refractivity contribution in [1.29, 1.82) is 0 Å². The first-order chi connectivity index (χ1) is 5.80. The topological polar surface area (TPSA) is 12.5 Å². The molecule has 2 heteroatoms. The molecule has 13 heavy (non-hydrogen) atoms. The van der Waals surface area contributed by atoms with Crippen LogP contribution in [0.2, 0.25) is 0 Å². The summed E-state index contributed by atoms with van der Waals surface area (Å²) in [6, 6.07) is 0.505. The van der Waals surface area contributed by atoms with Gasteiger partial charge in [-0.15, -0.1) is 0 Å². The van der Waals surface area contributed by atoms with Crippen molar-refractivity contribution in [3.05, 3.63) is 0 Å². The first kappa shape index (κ1) is 12.9. The summed E-state index contributed by atoms with van der Waals surface area (Å²) in [5.41, 5.74) is 0.216. The maximum absolute atomic E-state index is 5.24. The predicted molar refractivity (Wildman–Crippen MR) is 58.0 cm³/mol. The molecule has 0 radical (unpaired) electrons. The van der Waals surface area contributed by atoms with Crippen molar-refractivity contribution in [1.82, 2.24) is 4.90 Å². The Morgan fingerprint density at radius 2 is 1.69 bits per heavy atom. The van der Waals surface area contributed by atoms with Crippen LogP contribution in [-0.4, -0.2) is 37.2 Å². The molecule has 0 spiro atoms. The zero-order valence-corrected chi connectivity index (χ0v) is 10.2. The molecule has 0 aliphatic rings. The van der Waals surface area contributed by atoms with Crippen molar-refractivity contribution in [3.8, 4) is 0 Å². The minimum absolute atomic E-state index is 0.216. The first-order valence-corrected chi connectivity index (χ1v) is 5.02. The highest BCUT2D eigenvalue weighted by molar-refractivity contribution is 4.81. The summed E-state index contributed by atoms with van der Waals surface area (Å²) in [5, 5.41) is 0. The third-order valence-corrected chi connectivity index (χ3v) is 2.66. The van der Waals surface area contributed by atoms with E-state index in [0.717, 1.165) is 6.61 Å². The van der Waals surface area contributed by atoms with Gasteiger partial charge in [0.05, 0.1) is 6.61 Å². The smallest absolute Gasteiger partial charge is 0.0620 e. The Labute approximate surface area is 83.3 Å². The van der Waals surface area contributed by atoms with Gasteiger partial charge in [-0.1, -0.05) is 13.8 Å². The first-order valence-electron chi connectivity index (χ1n) is 5.02. The van der Waals surface area contributed by atoms with Crippen molar-refractivity contribution in [2.45, 2.75) is 46.2 Å². The van der Waals surface area contributed by atoms with E-state index in [-0.39, 0.29) is 5.54 Å². The Balaban J connectivity index is 4.36. The number of nitrogens with zero attached hydrogens (tertiary/aromatic N) is 1. The highest BCUT2D eigenvalue weighted by Crippen LogP contribution is 2.19. The second kappa shape index (κ2) is 4.97. The van der Waals surface area contributed by atoms with Crippen LogP contribution in [0, 0.1) is 5.92 Å². The Morgan fingerprint density at radius 1 is 1.23 bits per heavy atom. The molecule has 0 saturated carbocycles. The number of ether oxygens (including phenoxy) is 1. The predicted octanol–water partition coefficient (Wildman–Crippen LogP) is 2.39. The molecule has 0 aromatic carbocycles. The maximum Gasteiger partial charge on any atom is 0.0620 e. The number of likely N-dealkylation sites (N-methyl/N-ethyl adjacent to an activating group) is 1. The van der Waals surface area contributed by atoms with Gasteiger partial charge in [0.15, 0.2) is 0 Å². The second-order valence-electron chi connectivity index (χ2n) is 5.05. The highest BCUT2D eigenvalue weighted by Gasteiger charge is 2.27. The molecule has 1 atom stereocenters. The average Bonchev–Trinajstić information content (AvgIpc) is 1.96. The third kappa shape index (κ3) is 4.10. The lowest BCUT2D eigenvalue weighted by molar-refractivity contribution is 0.0291. The van der Waals surface area contributed by atoms with Gasteiger partial charge in [0.1, 0.15) is 0 Å². The van der Waals surface area contributed by atoms with Crippen LogP contribution >= 0.6 is 0 Å². The summed E-state index contributed by atoms with van der Waals surface area (Å²) in [6.07, 6.45) is 0. The molecule has 0 aliphatic carbocycles. The fraction of sp³-hybridized carbons (Fsp3) is 1.00. The molecule has 0 rings (SSSR count). The van der Waals surface area contributed by atoms with E-state index < -0.39 is 0 Å². The molecule has 0 aromatic rings. The number of methoxy groups -OCH3 is 1. The van der Waals surface area contributed by atoms with Crippen LogP contribution in [0.5, 0.6) is 0 Å². The van der Waals surface area contributed by atoms with Gasteiger partial charge in [-0.3, -0.25) is 4.90 Å². The molecule has 0 aliphatic heterocycles. The molecule has 2 nitrogen and oxygen atoms in total. The van der Waals surface area contributed by atoms with E-state index in [1.165, 1.54) is 0 Å². The van der Waals surface area contributed by atoms with Crippen molar-refractivity contribution >= 4 is 0 Å². The second-order valence-corrected chi connectivity index (χ2v) is 5.05. The van der Waals surface area contributed by atoms with Gasteiger partial charge in [0.25, 0.3) is 0 Å². The summed E-state index contributed by atoms with van der Waals surface area (Å²) < 4.78 is 5.24. The number of hydrogen-bond donors (Lipinski definition) is 0. The van der Waals surface area contributed by atoms with E-state index in [4.69, 9.17) is 4.74 Å². The minimum Gasteiger partial charge on any atom is -0.383 e. The molecule has 0 aromatic heterocycles. The van der Waals surface area contributed by atoms with Crippen LogP contribution in [0.3, 0.4) is 0 Å². The van der Waals surface area contributed by atoms with Gasteiger partial charge in [0.2, 0.25) is 0 Å². The van der Waals surface area contributed by atoms with E-state index in [1.807, 2.05) is 0 Å². The lowest BCUT2D eigenvalue weighted by atomic mass is 9.97. The van der Waals surface area contributed by atoms with Crippen molar-refractivity contribution in [2.24, 2.45) is 5.92 Å². The highest BCUT2D eigenvalue weighted by atomic mass is 16.5. The molecular formula is C11H25NO. The van der Waals surface area contributed by atoms with Crippen LogP contribution in [0.4, 0.5) is 0 Å². The fourth-order valence-electron chi connectivity index (χ4n) is 1.42. The normalized spacial score (nSPS) is 15.5. The number of rotatable bonds is 4. The molecule has 0 N–H and O–H groups in total. The van der Waals surface area contributed by atoms with Gasteiger partial charge >= 0.3 is 0 Å². The van der Waals surface area contributed by atoms with Crippen molar-refractivity contribution in [3.63, 3.8) is 0 Å². The van der Waals surface area contributed by atoms with Crippen molar-refractivity contribution < 1.29 is 4.74 Å². The minimum atomic E-state index is 0.216. The quantitative estimate of drug-likeness (QED) is 0.670. The van der Waals surface area contributed by atoms with Crippen LogP contribution in [0.25, 0.3) is 0 Å². The fourth-order valence-corrected chi connectivity index (χ4v) is 1.42. The molecule has 0 bridgehead atoms. The lowest BCUT2D eigenvalue weighted by Gasteiger charge is -2.40. The zero-order valence-electron chi connectivity index (χ0n) is 10.2. The summed E-state index contributed by atoms with van der Waals surface area (Å²) in [4.78, 5) is 2.39. The Kier molecular flexibility index (Phi) is 4.93. The molecule has 0 heterocycles. The van der Waals surface area contributed by atoms with E-state index >= 15 is 0 Å². The van der Waals surface area contributed by atoms with Gasteiger partial charge in [-0.05, 0) is 33.7 Å². The van der Waals surface area contributed by atoms with Crippen LogP contribution in [0.1, 0.15) is 34.6 Å². The monoisotopic (exact) mass is 187 g/mol. The summed E-state index contributed by atoms with van der Waals surface area (Å²) >= 11 is 0. The van der Waals surface area contributed by atoms with Crippen LogP contribution in [0.15, 0.2) is 0 Å². The number of hydrogen-bond acceptors (Lipinski definition) is 2. The third-order valence-electron chi connectivity index (χ3n) is 2.66. The van der Waals surface area contributed by atoms with E-state index in [1.54, 1.807) is 7.11 Å². The Bertz CT molecular complexity index is 138. The zero-order chi connectivity index (χ0) is 10.6. The largest absolute Gasteiger partial charge is 0.383 e.